The van der Waals surface area contributed by atoms with Gasteiger partial charge in [0.05, 0.1) is 24.2 Å². The molecular weight excluding hydrogens is 402 g/mol. The molecule has 1 saturated heterocycles. The quantitative estimate of drug-likeness (QED) is 0.626. The first-order chi connectivity index (χ1) is 14.2. The molecule has 2 aromatic heterocycles. The van der Waals surface area contributed by atoms with E-state index in [0.717, 1.165) is 30.0 Å². The Hall–Kier alpha value is -2.90. The second-order valence-corrected chi connectivity index (χ2v) is 7.08. The molecular formula is C22H26ClN5O2. The van der Waals surface area contributed by atoms with Crippen LogP contribution >= 0.6 is 12.4 Å². The van der Waals surface area contributed by atoms with Crippen molar-refractivity contribution < 1.29 is 9.53 Å². The first-order valence-corrected chi connectivity index (χ1v) is 9.88. The zero-order valence-corrected chi connectivity index (χ0v) is 18.0. The van der Waals surface area contributed by atoms with E-state index >= 15 is 0 Å². The molecule has 158 valence electrons. The lowest BCUT2D eigenvalue weighted by Crippen LogP contribution is -2.47. The summed E-state index contributed by atoms with van der Waals surface area (Å²) in [4.78, 5) is 21.5. The van der Waals surface area contributed by atoms with E-state index in [9.17, 15) is 4.79 Å². The van der Waals surface area contributed by atoms with Crippen LogP contribution in [0, 0.1) is 0 Å². The smallest absolute Gasteiger partial charge is 0.274 e. The van der Waals surface area contributed by atoms with Crippen LogP contribution < -0.4 is 4.74 Å². The molecule has 8 heteroatoms. The third kappa shape index (κ3) is 4.63. The molecule has 1 aromatic carbocycles. The highest BCUT2D eigenvalue weighted by molar-refractivity contribution is 5.93. The fourth-order valence-corrected chi connectivity index (χ4v) is 3.40. The first kappa shape index (κ1) is 21.8. The number of aromatic nitrogens is 3. The van der Waals surface area contributed by atoms with E-state index in [1.807, 2.05) is 60.4 Å². The number of carbonyl (C=O) groups excluding carboxylic acids is 1. The average Bonchev–Trinajstić information content (AvgIpc) is 3.21. The Morgan fingerprint density at radius 1 is 1.07 bits per heavy atom. The van der Waals surface area contributed by atoms with E-state index in [1.165, 1.54) is 0 Å². The highest BCUT2D eigenvalue weighted by Gasteiger charge is 2.24. The van der Waals surface area contributed by atoms with Gasteiger partial charge in [0.15, 0.2) is 5.69 Å². The molecule has 0 aliphatic carbocycles. The lowest BCUT2D eigenvalue weighted by molar-refractivity contribution is 0.0657. The van der Waals surface area contributed by atoms with Crippen molar-refractivity contribution in [2.75, 3.05) is 39.8 Å². The van der Waals surface area contributed by atoms with Gasteiger partial charge in [0, 0.05) is 37.8 Å². The highest BCUT2D eigenvalue weighted by atomic mass is 35.5. The number of halogens is 1. The molecule has 3 aromatic rings. The molecule has 1 aliphatic heterocycles. The van der Waals surface area contributed by atoms with Gasteiger partial charge in [0.2, 0.25) is 5.88 Å². The third-order valence-corrected chi connectivity index (χ3v) is 5.05. The van der Waals surface area contributed by atoms with Crippen molar-refractivity contribution in [2.45, 2.75) is 6.92 Å². The minimum absolute atomic E-state index is 0. The van der Waals surface area contributed by atoms with Crippen LogP contribution in [0.25, 0.3) is 16.9 Å². The number of hydrogen-bond acceptors (Lipinski definition) is 5. The monoisotopic (exact) mass is 427 g/mol. The normalized spacial score (nSPS) is 14.3. The number of rotatable bonds is 5. The lowest BCUT2D eigenvalue weighted by atomic mass is 10.1. The largest absolute Gasteiger partial charge is 0.478 e. The van der Waals surface area contributed by atoms with Crippen LogP contribution in [0.5, 0.6) is 5.88 Å². The summed E-state index contributed by atoms with van der Waals surface area (Å²) in [5.74, 6) is 0.534. The molecule has 0 N–H and O–H groups in total. The second-order valence-electron chi connectivity index (χ2n) is 7.08. The van der Waals surface area contributed by atoms with Crippen LogP contribution in [0.15, 0.2) is 54.7 Å². The first-order valence-electron chi connectivity index (χ1n) is 9.88. The van der Waals surface area contributed by atoms with Crippen molar-refractivity contribution >= 4 is 18.3 Å². The number of ether oxygens (including phenoxy) is 1. The third-order valence-electron chi connectivity index (χ3n) is 5.05. The lowest BCUT2D eigenvalue weighted by Gasteiger charge is -2.31. The highest BCUT2D eigenvalue weighted by Crippen LogP contribution is 2.25. The van der Waals surface area contributed by atoms with Crippen molar-refractivity contribution in [3.8, 4) is 22.8 Å². The maximum Gasteiger partial charge on any atom is 0.274 e. The summed E-state index contributed by atoms with van der Waals surface area (Å²) in [5, 5.41) is 4.66. The Bertz CT molecular complexity index is 967. The van der Waals surface area contributed by atoms with Crippen molar-refractivity contribution in [2.24, 2.45) is 0 Å². The number of pyridine rings is 1. The molecule has 1 aliphatic rings. The Labute approximate surface area is 182 Å². The summed E-state index contributed by atoms with van der Waals surface area (Å²) >= 11 is 0. The number of carbonyl (C=O) groups is 1. The van der Waals surface area contributed by atoms with Crippen LogP contribution in [-0.4, -0.2) is 70.3 Å². The van der Waals surface area contributed by atoms with Gasteiger partial charge in [-0.1, -0.05) is 30.3 Å². The molecule has 1 fully saturated rings. The summed E-state index contributed by atoms with van der Waals surface area (Å²) in [5.41, 5.74) is 3.08. The minimum Gasteiger partial charge on any atom is -0.478 e. The zero-order chi connectivity index (χ0) is 20.2. The SMILES string of the molecule is CCOc1ccc(-n2nc(C(=O)N3CCN(C)CC3)cc2-c2ccccc2)cn1.Cl. The van der Waals surface area contributed by atoms with E-state index in [0.29, 0.717) is 31.3 Å². The summed E-state index contributed by atoms with van der Waals surface area (Å²) in [7, 11) is 2.07. The molecule has 0 bridgehead atoms. The predicted octanol–water partition coefficient (Wildman–Crippen LogP) is 3.14. The van der Waals surface area contributed by atoms with E-state index in [1.54, 1.807) is 10.9 Å². The van der Waals surface area contributed by atoms with E-state index < -0.39 is 0 Å². The van der Waals surface area contributed by atoms with Gasteiger partial charge in [0.25, 0.3) is 5.91 Å². The standard InChI is InChI=1S/C22H25N5O2.ClH/c1-3-29-21-10-9-18(16-23-21)27-20(17-7-5-4-6-8-17)15-19(24-27)22(28)26-13-11-25(2)12-14-26;/h4-10,15-16H,3,11-14H2,1-2H3;1H. The second kappa shape index (κ2) is 9.73. The van der Waals surface area contributed by atoms with Gasteiger partial charge in [-0.3, -0.25) is 4.79 Å². The summed E-state index contributed by atoms with van der Waals surface area (Å²) in [6.07, 6.45) is 1.72. The van der Waals surface area contributed by atoms with Gasteiger partial charge < -0.3 is 14.5 Å². The molecule has 4 rings (SSSR count). The molecule has 0 atom stereocenters. The maximum atomic E-state index is 13.1. The van der Waals surface area contributed by atoms with E-state index in [2.05, 4.69) is 22.0 Å². The number of hydrogen-bond donors (Lipinski definition) is 0. The number of benzene rings is 1. The molecule has 0 radical (unpaired) electrons. The summed E-state index contributed by atoms with van der Waals surface area (Å²) < 4.78 is 7.22. The fourth-order valence-electron chi connectivity index (χ4n) is 3.40. The summed E-state index contributed by atoms with van der Waals surface area (Å²) in [6, 6.07) is 15.5. The fraction of sp³-hybridized carbons (Fsp3) is 0.318. The maximum absolute atomic E-state index is 13.1. The molecule has 3 heterocycles. The van der Waals surface area contributed by atoms with E-state index in [-0.39, 0.29) is 18.3 Å². The Balaban J connectivity index is 0.00000256. The Kier molecular flexibility index (Phi) is 7.07. The van der Waals surface area contributed by atoms with Crippen LogP contribution in [-0.2, 0) is 0 Å². The predicted molar refractivity (Wildman–Crippen MR) is 119 cm³/mol. The van der Waals surface area contributed by atoms with Crippen LogP contribution in [0.4, 0.5) is 0 Å². The average molecular weight is 428 g/mol. The minimum atomic E-state index is -0.0343. The van der Waals surface area contributed by atoms with E-state index in [4.69, 9.17) is 4.74 Å². The van der Waals surface area contributed by atoms with Crippen molar-refractivity contribution in [1.82, 2.24) is 24.6 Å². The number of likely N-dealkylation sites (N-methyl/N-ethyl adjacent to an activating group) is 1. The Morgan fingerprint density at radius 2 is 1.80 bits per heavy atom. The van der Waals surface area contributed by atoms with Gasteiger partial charge in [-0.25, -0.2) is 9.67 Å². The van der Waals surface area contributed by atoms with Crippen LogP contribution in [0.1, 0.15) is 17.4 Å². The number of amides is 1. The van der Waals surface area contributed by atoms with Gasteiger partial charge in [-0.05, 0) is 26.1 Å². The molecule has 0 unspecified atom stereocenters. The number of nitrogens with zero attached hydrogens (tertiary/aromatic N) is 5. The van der Waals surface area contributed by atoms with Gasteiger partial charge in [0.1, 0.15) is 0 Å². The molecule has 0 spiro atoms. The van der Waals surface area contributed by atoms with Crippen molar-refractivity contribution in [3.63, 3.8) is 0 Å². The topological polar surface area (TPSA) is 63.5 Å². The summed E-state index contributed by atoms with van der Waals surface area (Å²) in [6.45, 7) is 5.67. The van der Waals surface area contributed by atoms with Gasteiger partial charge in [-0.15, -0.1) is 12.4 Å². The van der Waals surface area contributed by atoms with Crippen molar-refractivity contribution in [3.05, 3.63) is 60.4 Å². The van der Waals surface area contributed by atoms with Gasteiger partial charge >= 0.3 is 0 Å². The Morgan fingerprint density at radius 3 is 2.43 bits per heavy atom. The zero-order valence-electron chi connectivity index (χ0n) is 17.2. The van der Waals surface area contributed by atoms with Crippen LogP contribution in [0.3, 0.4) is 0 Å². The molecule has 30 heavy (non-hydrogen) atoms. The molecule has 0 saturated carbocycles. The van der Waals surface area contributed by atoms with Crippen LogP contribution in [0.2, 0.25) is 0 Å². The molecule has 7 nitrogen and oxygen atoms in total. The number of piperazine rings is 1. The van der Waals surface area contributed by atoms with Crippen molar-refractivity contribution in [1.29, 1.82) is 0 Å². The van der Waals surface area contributed by atoms with Gasteiger partial charge in [-0.2, -0.15) is 5.10 Å². The molecule has 1 amide bonds.